The topological polar surface area (TPSA) is 132 Å². The molecule has 0 aliphatic heterocycles. The molecule has 0 aliphatic rings. The lowest BCUT2D eigenvalue weighted by Gasteiger charge is -1.98. The summed E-state index contributed by atoms with van der Waals surface area (Å²) in [5, 5.41) is 21.3. The van der Waals surface area contributed by atoms with E-state index in [1.54, 1.807) is 0 Å². The molecule has 0 radical (unpaired) electrons. The zero-order chi connectivity index (χ0) is 12.6. The van der Waals surface area contributed by atoms with Crippen LogP contribution >= 0.6 is 0 Å². The van der Waals surface area contributed by atoms with Gasteiger partial charge in [-0.05, 0) is 0 Å². The third-order valence-corrected chi connectivity index (χ3v) is 2.07. The molecule has 0 unspecified atom stereocenters. The molecule has 86 valence electrons. The number of nitrogens with one attached hydrogen (secondary N) is 1. The van der Waals surface area contributed by atoms with E-state index in [-0.39, 0.29) is 11.0 Å². The number of fused-ring (bicyclic) bond motifs is 1. The van der Waals surface area contributed by atoms with E-state index in [9.17, 15) is 25.0 Å². The molecule has 9 heteroatoms. The Morgan fingerprint density at radius 2 is 1.71 bits per heavy atom. The van der Waals surface area contributed by atoms with E-state index in [4.69, 9.17) is 0 Å². The molecule has 2 aromatic rings. The molecule has 1 aromatic carbocycles. The minimum Gasteiger partial charge on any atom is -0.319 e. The summed E-state index contributed by atoms with van der Waals surface area (Å²) >= 11 is 0. The van der Waals surface area contributed by atoms with Gasteiger partial charge in [0, 0.05) is 6.07 Å². The molecule has 0 atom stereocenters. The Kier molecular flexibility index (Phi) is 2.28. The van der Waals surface area contributed by atoms with Gasteiger partial charge in [-0.2, -0.15) is 0 Å². The number of rotatable bonds is 2. The van der Waals surface area contributed by atoms with Crippen molar-refractivity contribution in [2.24, 2.45) is 0 Å². The van der Waals surface area contributed by atoms with E-state index < -0.39 is 26.8 Å². The van der Waals surface area contributed by atoms with Gasteiger partial charge in [0.2, 0.25) is 0 Å². The summed E-state index contributed by atoms with van der Waals surface area (Å²) in [7, 11) is 0. The summed E-state index contributed by atoms with van der Waals surface area (Å²) < 4.78 is 0. The van der Waals surface area contributed by atoms with Crippen LogP contribution in [0.2, 0.25) is 0 Å². The molecule has 9 nitrogen and oxygen atoms in total. The van der Waals surface area contributed by atoms with Crippen molar-refractivity contribution in [1.82, 2.24) is 9.97 Å². The fourth-order valence-corrected chi connectivity index (χ4v) is 1.36. The van der Waals surface area contributed by atoms with Crippen molar-refractivity contribution in [2.75, 3.05) is 0 Å². The highest BCUT2D eigenvalue weighted by Gasteiger charge is 2.25. The Morgan fingerprint density at radius 1 is 1.12 bits per heavy atom. The van der Waals surface area contributed by atoms with Crippen LogP contribution in [0.3, 0.4) is 0 Å². The molecule has 0 saturated carbocycles. The van der Waals surface area contributed by atoms with Crippen LogP contribution in [0.1, 0.15) is 0 Å². The molecule has 0 fully saturated rings. The van der Waals surface area contributed by atoms with E-state index in [1.807, 2.05) is 0 Å². The Hall–Kier alpha value is -2.84. The smallest absolute Gasteiger partial charge is 0.319 e. The Bertz CT molecular complexity index is 692. The average Bonchev–Trinajstić information content (AvgIpc) is 2.26. The zero-order valence-corrected chi connectivity index (χ0v) is 8.11. The van der Waals surface area contributed by atoms with E-state index in [0.717, 1.165) is 18.3 Å². The first-order chi connectivity index (χ1) is 7.99. The summed E-state index contributed by atoms with van der Waals surface area (Å²) in [6.45, 7) is 0. The van der Waals surface area contributed by atoms with Crippen molar-refractivity contribution in [3.05, 3.63) is 48.9 Å². The number of hydrogen-bond acceptors (Lipinski definition) is 6. The predicted molar refractivity (Wildman–Crippen MR) is 55.7 cm³/mol. The lowest BCUT2D eigenvalue weighted by molar-refractivity contribution is -0.422. The van der Waals surface area contributed by atoms with Crippen LogP contribution in [0.15, 0.2) is 23.1 Å². The monoisotopic (exact) mass is 236 g/mol. The number of nitro groups is 2. The number of aromatic nitrogens is 2. The second-order valence-corrected chi connectivity index (χ2v) is 3.12. The maximum absolute atomic E-state index is 11.0. The lowest BCUT2D eigenvalue weighted by Crippen LogP contribution is -2.06. The summed E-state index contributed by atoms with van der Waals surface area (Å²) in [4.78, 5) is 36.4. The van der Waals surface area contributed by atoms with Crippen molar-refractivity contribution in [2.45, 2.75) is 0 Å². The number of H-pyrrole nitrogens is 1. The molecule has 1 aromatic heterocycles. The standard InChI is InChI=1S/C8H4N4O5/c13-8-3-9-4-1-6(11(14)15)7(12(16)17)2-5(4)10-8/h1-3H,(H,10,13). The second kappa shape index (κ2) is 3.63. The van der Waals surface area contributed by atoms with Crippen LogP contribution < -0.4 is 5.56 Å². The van der Waals surface area contributed by atoms with Crippen LogP contribution in [0.5, 0.6) is 0 Å². The minimum atomic E-state index is -0.886. The van der Waals surface area contributed by atoms with Crippen LogP contribution in [-0.4, -0.2) is 19.8 Å². The van der Waals surface area contributed by atoms with Crippen LogP contribution in [0.25, 0.3) is 11.0 Å². The molecular weight excluding hydrogens is 232 g/mol. The zero-order valence-electron chi connectivity index (χ0n) is 8.11. The molecule has 0 bridgehead atoms. The summed E-state index contributed by atoms with van der Waals surface area (Å²) in [6.07, 6.45) is 0.942. The molecule has 1 N–H and O–H groups in total. The number of nitrogens with zero attached hydrogens (tertiary/aromatic N) is 3. The van der Waals surface area contributed by atoms with Crippen molar-refractivity contribution in [3.63, 3.8) is 0 Å². The largest absolute Gasteiger partial charge is 0.348 e. The number of benzene rings is 1. The predicted octanol–water partition coefficient (Wildman–Crippen LogP) is 0.739. The summed E-state index contributed by atoms with van der Waals surface area (Å²) in [6, 6.07) is 1.87. The van der Waals surface area contributed by atoms with Crippen molar-refractivity contribution in [1.29, 1.82) is 0 Å². The van der Waals surface area contributed by atoms with Gasteiger partial charge in [-0.15, -0.1) is 0 Å². The van der Waals surface area contributed by atoms with Gasteiger partial charge >= 0.3 is 11.4 Å². The van der Waals surface area contributed by atoms with Gasteiger partial charge in [-0.3, -0.25) is 25.0 Å². The van der Waals surface area contributed by atoms with Gasteiger partial charge in [0.05, 0.1) is 33.1 Å². The fourth-order valence-electron chi connectivity index (χ4n) is 1.36. The summed E-state index contributed by atoms with van der Waals surface area (Å²) in [5.74, 6) is 0. The third-order valence-electron chi connectivity index (χ3n) is 2.07. The quantitative estimate of drug-likeness (QED) is 0.603. The first-order valence-corrected chi connectivity index (χ1v) is 4.31. The maximum atomic E-state index is 11.0. The highest BCUT2D eigenvalue weighted by atomic mass is 16.6. The Labute approximate surface area is 92.0 Å². The lowest BCUT2D eigenvalue weighted by atomic mass is 10.2. The SMILES string of the molecule is O=c1cnc2cc([N+](=O)[O-])c([N+](=O)[O-])cc2[nH]1. The van der Waals surface area contributed by atoms with Gasteiger partial charge in [-0.25, -0.2) is 4.98 Å². The van der Waals surface area contributed by atoms with Crippen molar-refractivity contribution < 1.29 is 9.85 Å². The maximum Gasteiger partial charge on any atom is 0.348 e. The van der Waals surface area contributed by atoms with Crippen molar-refractivity contribution in [3.8, 4) is 0 Å². The minimum absolute atomic E-state index is 0.0785. The molecule has 1 heterocycles. The van der Waals surface area contributed by atoms with Gasteiger partial charge in [0.1, 0.15) is 0 Å². The fraction of sp³-hybridized carbons (Fsp3) is 0. The molecule has 0 saturated heterocycles. The molecule has 0 aliphatic carbocycles. The third kappa shape index (κ3) is 1.80. The molecule has 2 rings (SSSR count). The highest BCUT2D eigenvalue weighted by molar-refractivity contribution is 5.81. The normalized spacial score (nSPS) is 10.4. The van der Waals surface area contributed by atoms with E-state index in [2.05, 4.69) is 9.97 Å². The molecule has 0 amide bonds. The van der Waals surface area contributed by atoms with Gasteiger partial charge in [0.25, 0.3) is 5.56 Å². The highest BCUT2D eigenvalue weighted by Crippen LogP contribution is 2.29. The number of hydrogen-bond donors (Lipinski definition) is 1. The Morgan fingerprint density at radius 3 is 2.29 bits per heavy atom. The van der Waals surface area contributed by atoms with E-state index >= 15 is 0 Å². The molecular formula is C8H4N4O5. The van der Waals surface area contributed by atoms with Gasteiger partial charge in [-0.1, -0.05) is 0 Å². The first-order valence-electron chi connectivity index (χ1n) is 4.31. The van der Waals surface area contributed by atoms with E-state index in [0.29, 0.717) is 0 Å². The van der Waals surface area contributed by atoms with Crippen LogP contribution in [0.4, 0.5) is 11.4 Å². The number of nitro benzene ring substituents is 2. The van der Waals surface area contributed by atoms with E-state index in [1.165, 1.54) is 0 Å². The van der Waals surface area contributed by atoms with Crippen LogP contribution in [0, 0.1) is 20.2 Å². The average molecular weight is 236 g/mol. The Balaban J connectivity index is 2.86. The summed E-state index contributed by atoms with van der Waals surface area (Å²) in [5.41, 5.74) is -1.70. The first kappa shape index (κ1) is 10.7. The molecule has 17 heavy (non-hydrogen) atoms. The van der Waals surface area contributed by atoms with Crippen molar-refractivity contribution >= 4 is 22.4 Å². The van der Waals surface area contributed by atoms with Gasteiger partial charge < -0.3 is 4.98 Å². The van der Waals surface area contributed by atoms with Crippen LogP contribution in [-0.2, 0) is 0 Å². The number of aromatic amines is 1. The second-order valence-electron chi connectivity index (χ2n) is 3.12. The van der Waals surface area contributed by atoms with Gasteiger partial charge in [0.15, 0.2) is 0 Å². The molecule has 0 spiro atoms.